The van der Waals surface area contributed by atoms with E-state index in [0.717, 1.165) is 31.2 Å². The molecule has 4 heteroatoms. The van der Waals surface area contributed by atoms with Crippen molar-refractivity contribution < 1.29 is 14.6 Å². The largest absolute Gasteiger partial charge is 0.388 e. The predicted molar refractivity (Wildman–Crippen MR) is 75.3 cm³/mol. The minimum atomic E-state index is -0.690. The molecule has 0 spiro atoms. The number of carbonyl (C=O) groups is 1. The molecule has 0 atom stereocenters. The molecule has 20 heavy (non-hydrogen) atoms. The summed E-state index contributed by atoms with van der Waals surface area (Å²) in [4.78, 5) is 14.1. The van der Waals surface area contributed by atoms with Crippen LogP contribution in [0.5, 0.6) is 0 Å². The Morgan fingerprint density at radius 1 is 1.30 bits per heavy atom. The summed E-state index contributed by atoms with van der Waals surface area (Å²) in [6, 6.07) is 5.73. The van der Waals surface area contributed by atoms with Crippen molar-refractivity contribution in [2.75, 3.05) is 13.6 Å². The summed E-state index contributed by atoms with van der Waals surface area (Å²) in [5.41, 5.74) is 2.25. The van der Waals surface area contributed by atoms with E-state index in [9.17, 15) is 9.90 Å². The van der Waals surface area contributed by atoms with Crippen LogP contribution in [0.4, 0.5) is 0 Å². The second-order valence-corrected chi connectivity index (χ2v) is 6.07. The molecule has 0 radical (unpaired) electrons. The van der Waals surface area contributed by atoms with Crippen LogP contribution >= 0.6 is 0 Å². The maximum Gasteiger partial charge on any atom is 0.253 e. The van der Waals surface area contributed by atoms with Gasteiger partial charge in [0.2, 0.25) is 0 Å². The third kappa shape index (κ3) is 2.58. The van der Waals surface area contributed by atoms with Crippen molar-refractivity contribution in [1.82, 2.24) is 4.90 Å². The van der Waals surface area contributed by atoms with Crippen molar-refractivity contribution in [3.63, 3.8) is 0 Å². The van der Waals surface area contributed by atoms with Gasteiger partial charge in [-0.3, -0.25) is 4.79 Å². The number of hydrogen-bond donors (Lipinski definition) is 1. The number of ether oxygens (including phenoxy) is 1. The van der Waals surface area contributed by atoms with E-state index >= 15 is 0 Å². The molecule has 1 N–H and O–H groups in total. The lowest BCUT2D eigenvalue weighted by Crippen LogP contribution is -2.42. The van der Waals surface area contributed by atoms with Crippen LogP contribution in [0.2, 0.25) is 0 Å². The highest BCUT2D eigenvalue weighted by Gasteiger charge is 2.33. The molecule has 1 aromatic rings. The summed E-state index contributed by atoms with van der Waals surface area (Å²) in [5, 5.41) is 10.4. The Kier molecular flexibility index (Phi) is 3.52. The van der Waals surface area contributed by atoms with E-state index in [2.05, 4.69) is 0 Å². The van der Waals surface area contributed by atoms with Gasteiger partial charge in [-0.1, -0.05) is 18.9 Å². The van der Waals surface area contributed by atoms with Crippen LogP contribution in [0.3, 0.4) is 0 Å². The minimum Gasteiger partial charge on any atom is -0.388 e. The van der Waals surface area contributed by atoms with Crippen molar-refractivity contribution in [2.24, 2.45) is 0 Å². The van der Waals surface area contributed by atoms with Crippen molar-refractivity contribution in [3.05, 3.63) is 34.9 Å². The van der Waals surface area contributed by atoms with Crippen LogP contribution in [0.1, 0.15) is 47.2 Å². The molecular weight excluding hydrogens is 254 g/mol. The number of amides is 1. The molecule has 0 unspecified atom stereocenters. The van der Waals surface area contributed by atoms with E-state index in [4.69, 9.17) is 4.74 Å². The molecule has 1 heterocycles. The monoisotopic (exact) mass is 275 g/mol. The zero-order valence-electron chi connectivity index (χ0n) is 11.9. The van der Waals surface area contributed by atoms with Gasteiger partial charge < -0.3 is 14.7 Å². The van der Waals surface area contributed by atoms with Crippen molar-refractivity contribution >= 4 is 5.91 Å². The maximum absolute atomic E-state index is 12.4. The van der Waals surface area contributed by atoms with Crippen LogP contribution in [-0.4, -0.2) is 35.1 Å². The fourth-order valence-electron chi connectivity index (χ4n) is 3.23. The van der Waals surface area contributed by atoms with E-state index < -0.39 is 5.60 Å². The van der Waals surface area contributed by atoms with Gasteiger partial charge in [0.05, 0.1) is 18.8 Å². The van der Waals surface area contributed by atoms with Crippen molar-refractivity contribution in [3.8, 4) is 0 Å². The average molecular weight is 275 g/mol. The van der Waals surface area contributed by atoms with Gasteiger partial charge in [0.1, 0.15) is 0 Å². The molecule has 3 rings (SSSR count). The molecule has 4 nitrogen and oxygen atoms in total. The molecule has 2 aliphatic rings. The maximum atomic E-state index is 12.4. The Morgan fingerprint density at radius 3 is 2.75 bits per heavy atom. The van der Waals surface area contributed by atoms with E-state index in [1.165, 1.54) is 5.56 Å². The first-order valence-corrected chi connectivity index (χ1v) is 7.25. The molecule has 1 amide bonds. The number of fused-ring (bicyclic) bond motifs is 1. The number of nitrogens with zero attached hydrogens (tertiary/aromatic N) is 1. The molecule has 1 fully saturated rings. The van der Waals surface area contributed by atoms with Gasteiger partial charge in [-0.25, -0.2) is 0 Å². The highest BCUT2D eigenvalue weighted by molar-refractivity contribution is 5.94. The molecule has 1 saturated carbocycles. The van der Waals surface area contributed by atoms with E-state index in [1.807, 2.05) is 18.2 Å². The number of likely N-dealkylation sites (N-methyl/N-ethyl adjacent to an activating group) is 1. The number of rotatable bonds is 3. The quantitative estimate of drug-likeness (QED) is 0.919. The zero-order valence-corrected chi connectivity index (χ0v) is 11.9. The van der Waals surface area contributed by atoms with Crippen LogP contribution in [0, 0.1) is 0 Å². The third-order valence-electron chi connectivity index (χ3n) is 4.38. The average Bonchev–Trinajstić information content (AvgIpc) is 3.05. The predicted octanol–water partition coefficient (Wildman–Crippen LogP) is 2.09. The topological polar surface area (TPSA) is 49.8 Å². The summed E-state index contributed by atoms with van der Waals surface area (Å²) in [6.07, 6.45) is 3.69. The normalized spacial score (nSPS) is 19.9. The molecule has 1 aliphatic heterocycles. The van der Waals surface area contributed by atoms with Crippen LogP contribution in [0.15, 0.2) is 18.2 Å². The van der Waals surface area contributed by atoms with Crippen LogP contribution in [-0.2, 0) is 18.0 Å². The van der Waals surface area contributed by atoms with Gasteiger partial charge in [-0.05, 0) is 36.1 Å². The first kappa shape index (κ1) is 13.6. The van der Waals surface area contributed by atoms with E-state index in [0.29, 0.717) is 25.3 Å². The van der Waals surface area contributed by atoms with Gasteiger partial charge in [0, 0.05) is 19.2 Å². The number of carbonyl (C=O) groups excluding carboxylic acids is 1. The standard InChI is InChI=1S/C16H21NO3/c1-17(11-16(19)6-2-3-7-16)15(18)12-4-5-13-9-20-10-14(13)8-12/h4-5,8,19H,2-3,6-7,9-11H2,1H3. The second kappa shape index (κ2) is 5.19. The van der Waals surface area contributed by atoms with Gasteiger partial charge in [0.25, 0.3) is 5.91 Å². The lowest BCUT2D eigenvalue weighted by molar-refractivity contribution is 0.0157. The smallest absolute Gasteiger partial charge is 0.253 e. The summed E-state index contributed by atoms with van der Waals surface area (Å²) >= 11 is 0. The fraction of sp³-hybridized carbons (Fsp3) is 0.562. The van der Waals surface area contributed by atoms with Gasteiger partial charge in [0.15, 0.2) is 0 Å². The summed E-state index contributed by atoms with van der Waals surface area (Å²) in [6.45, 7) is 1.64. The highest BCUT2D eigenvalue weighted by Crippen LogP contribution is 2.30. The summed E-state index contributed by atoms with van der Waals surface area (Å²) < 4.78 is 5.37. The summed E-state index contributed by atoms with van der Waals surface area (Å²) in [5.74, 6) is -0.0278. The number of aliphatic hydroxyl groups is 1. The fourth-order valence-corrected chi connectivity index (χ4v) is 3.23. The highest BCUT2D eigenvalue weighted by atomic mass is 16.5. The lowest BCUT2D eigenvalue weighted by Gasteiger charge is -2.28. The van der Waals surface area contributed by atoms with Crippen LogP contribution < -0.4 is 0 Å². The first-order chi connectivity index (χ1) is 9.57. The number of hydrogen-bond acceptors (Lipinski definition) is 3. The van der Waals surface area contributed by atoms with Crippen LogP contribution in [0.25, 0.3) is 0 Å². The minimum absolute atomic E-state index is 0.0278. The van der Waals surface area contributed by atoms with Gasteiger partial charge in [-0.2, -0.15) is 0 Å². The molecule has 0 saturated heterocycles. The third-order valence-corrected chi connectivity index (χ3v) is 4.38. The molecule has 1 aliphatic carbocycles. The SMILES string of the molecule is CN(CC1(O)CCCC1)C(=O)c1ccc2c(c1)COC2. The van der Waals surface area contributed by atoms with Crippen molar-refractivity contribution in [2.45, 2.75) is 44.5 Å². The van der Waals surface area contributed by atoms with Crippen molar-refractivity contribution in [1.29, 1.82) is 0 Å². The summed E-state index contributed by atoms with van der Waals surface area (Å²) in [7, 11) is 1.77. The molecule has 1 aromatic carbocycles. The Hall–Kier alpha value is -1.39. The molecule has 108 valence electrons. The Balaban J connectivity index is 1.71. The first-order valence-electron chi connectivity index (χ1n) is 7.25. The zero-order chi connectivity index (χ0) is 14.2. The Bertz CT molecular complexity index is 520. The second-order valence-electron chi connectivity index (χ2n) is 6.07. The molecular formula is C16H21NO3. The number of benzene rings is 1. The Labute approximate surface area is 119 Å². The lowest BCUT2D eigenvalue weighted by atomic mass is 10.0. The van der Waals surface area contributed by atoms with E-state index in [1.54, 1.807) is 11.9 Å². The Morgan fingerprint density at radius 2 is 2.00 bits per heavy atom. The molecule has 0 bridgehead atoms. The van der Waals surface area contributed by atoms with Gasteiger partial charge >= 0.3 is 0 Å². The van der Waals surface area contributed by atoms with Gasteiger partial charge in [-0.15, -0.1) is 0 Å². The van der Waals surface area contributed by atoms with E-state index in [-0.39, 0.29) is 5.91 Å². The molecule has 0 aromatic heterocycles.